The highest BCUT2D eigenvalue weighted by Gasteiger charge is 2.16. The van der Waals surface area contributed by atoms with Crippen molar-refractivity contribution >= 4 is 11.9 Å². The predicted molar refractivity (Wildman–Crippen MR) is 49.4 cm³/mol. The normalized spacial score (nSPS) is 12.1. The maximum Gasteiger partial charge on any atom is 0.334 e. The smallest absolute Gasteiger partial charge is 0.334 e. The van der Waals surface area contributed by atoms with Gasteiger partial charge in [0.25, 0.3) is 5.91 Å². The zero-order chi connectivity index (χ0) is 11.4. The third-order valence-electron chi connectivity index (χ3n) is 1.84. The van der Waals surface area contributed by atoms with Crippen LogP contribution >= 0.6 is 0 Å². The number of hydrogen-bond acceptors (Lipinski definition) is 4. The SMILES string of the molecule is Cc1occc1C(=O)NCC(O)C(=O)O. The first-order chi connectivity index (χ1) is 7.02. The van der Waals surface area contributed by atoms with Crippen molar-refractivity contribution in [3.05, 3.63) is 23.7 Å². The van der Waals surface area contributed by atoms with Crippen molar-refractivity contribution in [3.63, 3.8) is 0 Å². The summed E-state index contributed by atoms with van der Waals surface area (Å²) < 4.78 is 4.90. The number of carbonyl (C=O) groups excluding carboxylic acids is 1. The topological polar surface area (TPSA) is 99.8 Å². The second-order valence-electron chi connectivity index (χ2n) is 2.95. The van der Waals surface area contributed by atoms with E-state index in [1.165, 1.54) is 12.3 Å². The molecule has 0 aromatic carbocycles. The summed E-state index contributed by atoms with van der Waals surface area (Å²) in [6.07, 6.45) is -0.237. The maximum absolute atomic E-state index is 11.4. The lowest BCUT2D eigenvalue weighted by molar-refractivity contribution is -0.146. The first kappa shape index (κ1) is 11.3. The van der Waals surface area contributed by atoms with Gasteiger partial charge in [-0.2, -0.15) is 0 Å². The lowest BCUT2D eigenvalue weighted by Gasteiger charge is -2.06. The minimum Gasteiger partial charge on any atom is -0.479 e. The van der Waals surface area contributed by atoms with Gasteiger partial charge in [-0.3, -0.25) is 4.79 Å². The van der Waals surface area contributed by atoms with Gasteiger partial charge >= 0.3 is 5.97 Å². The number of carboxylic acids is 1. The minimum absolute atomic E-state index is 0.326. The van der Waals surface area contributed by atoms with Crippen LogP contribution in [0.3, 0.4) is 0 Å². The van der Waals surface area contributed by atoms with Gasteiger partial charge in [0.2, 0.25) is 0 Å². The molecule has 1 rings (SSSR count). The third kappa shape index (κ3) is 2.81. The molecule has 3 N–H and O–H groups in total. The first-order valence-corrected chi connectivity index (χ1v) is 4.25. The molecule has 0 saturated heterocycles. The van der Waals surface area contributed by atoms with Crippen LogP contribution in [-0.4, -0.2) is 34.7 Å². The van der Waals surface area contributed by atoms with Gasteiger partial charge in [0.1, 0.15) is 5.76 Å². The van der Waals surface area contributed by atoms with Gasteiger partial charge in [-0.05, 0) is 13.0 Å². The van der Waals surface area contributed by atoms with Gasteiger partial charge in [0, 0.05) is 0 Å². The summed E-state index contributed by atoms with van der Waals surface area (Å²) in [6, 6.07) is 1.47. The monoisotopic (exact) mass is 213 g/mol. The van der Waals surface area contributed by atoms with E-state index in [9.17, 15) is 9.59 Å². The summed E-state index contributed by atoms with van der Waals surface area (Å²) in [4.78, 5) is 21.6. The molecule has 0 aliphatic carbocycles. The van der Waals surface area contributed by atoms with Crippen molar-refractivity contribution < 1.29 is 24.2 Å². The van der Waals surface area contributed by atoms with Crippen LogP contribution in [0.1, 0.15) is 16.1 Å². The third-order valence-corrected chi connectivity index (χ3v) is 1.84. The van der Waals surface area contributed by atoms with Crippen molar-refractivity contribution in [1.29, 1.82) is 0 Å². The average Bonchev–Trinajstić information content (AvgIpc) is 2.60. The Labute approximate surface area is 85.5 Å². The summed E-state index contributed by atoms with van der Waals surface area (Å²) in [5, 5.41) is 19.5. The minimum atomic E-state index is -1.60. The van der Waals surface area contributed by atoms with Crippen LogP contribution in [0, 0.1) is 6.92 Å². The molecule has 1 aromatic heterocycles. The van der Waals surface area contributed by atoms with Crippen molar-refractivity contribution in [2.75, 3.05) is 6.54 Å². The predicted octanol–water partition coefficient (Wildman–Crippen LogP) is -0.237. The summed E-state index contributed by atoms with van der Waals surface area (Å²) in [5.41, 5.74) is 0.326. The molecule has 1 amide bonds. The van der Waals surface area contributed by atoms with Gasteiger partial charge < -0.3 is 19.9 Å². The van der Waals surface area contributed by atoms with E-state index < -0.39 is 18.0 Å². The standard InChI is InChI=1S/C9H11NO5/c1-5-6(2-3-15-5)8(12)10-4-7(11)9(13)14/h2-3,7,11H,4H2,1H3,(H,10,12)(H,13,14). The fourth-order valence-electron chi connectivity index (χ4n) is 0.992. The molecule has 15 heavy (non-hydrogen) atoms. The molecule has 0 spiro atoms. The highest BCUT2D eigenvalue weighted by atomic mass is 16.4. The van der Waals surface area contributed by atoms with Crippen molar-refractivity contribution in [2.45, 2.75) is 13.0 Å². The Hall–Kier alpha value is -1.82. The largest absolute Gasteiger partial charge is 0.479 e. The first-order valence-electron chi connectivity index (χ1n) is 4.25. The van der Waals surface area contributed by atoms with E-state index in [1.54, 1.807) is 6.92 Å². The number of aliphatic carboxylic acids is 1. The van der Waals surface area contributed by atoms with E-state index in [-0.39, 0.29) is 6.54 Å². The van der Waals surface area contributed by atoms with Crippen LogP contribution in [0.15, 0.2) is 16.7 Å². The number of carboxylic acid groups (broad SMARTS) is 1. The molecule has 1 heterocycles. The second-order valence-corrected chi connectivity index (χ2v) is 2.95. The Morgan fingerprint density at radius 3 is 2.73 bits per heavy atom. The Balaban J connectivity index is 2.51. The van der Waals surface area contributed by atoms with Crippen LogP contribution in [-0.2, 0) is 4.79 Å². The summed E-state index contributed by atoms with van der Waals surface area (Å²) in [6.45, 7) is 1.28. The van der Waals surface area contributed by atoms with Gasteiger partial charge in [0.15, 0.2) is 6.10 Å². The van der Waals surface area contributed by atoms with Crippen LogP contribution in [0.5, 0.6) is 0 Å². The van der Waals surface area contributed by atoms with Crippen molar-refractivity contribution in [3.8, 4) is 0 Å². The van der Waals surface area contributed by atoms with Gasteiger partial charge in [0.05, 0.1) is 18.4 Å². The maximum atomic E-state index is 11.4. The fourth-order valence-corrected chi connectivity index (χ4v) is 0.992. The zero-order valence-electron chi connectivity index (χ0n) is 8.06. The number of nitrogens with one attached hydrogen (secondary N) is 1. The lowest BCUT2D eigenvalue weighted by Crippen LogP contribution is -2.36. The Morgan fingerprint density at radius 1 is 1.60 bits per heavy atom. The number of furan rings is 1. The molecule has 1 unspecified atom stereocenters. The molecule has 0 bridgehead atoms. The fraction of sp³-hybridized carbons (Fsp3) is 0.333. The van der Waals surface area contributed by atoms with Crippen molar-refractivity contribution in [1.82, 2.24) is 5.32 Å². The number of aliphatic hydroxyl groups excluding tert-OH is 1. The summed E-state index contributed by atoms with van der Waals surface area (Å²) in [5.74, 6) is -1.40. The number of hydrogen-bond donors (Lipinski definition) is 3. The van der Waals surface area contributed by atoms with Crippen LogP contribution in [0.25, 0.3) is 0 Å². The second kappa shape index (κ2) is 4.61. The van der Waals surface area contributed by atoms with Crippen molar-refractivity contribution in [2.24, 2.45) is 0 Å². The van der Waals surface area contributed by atoms with Crippen LogP contribution in [0.2, 0.25) is 0 Å². The molecular weight excluding hydrogens is 202 g/mol. The molecule has 6 heteroatoms. The van der Waals surface area contributed by atoms with E-state index in [4.69, 9.17) is 14.6 Å². The Morgan fingerprint density at radius 2 is 2.27 bits per heavy atom. The quantitative estimate of drug-likeness (QED) is 0.641. The number of amides is 1. The molecule has 0 saturated carbocycles. The number of carbonyl (C=O) groups is 2. The van der Waals surface area contributed by atoms with Crippen LogP contribution in [0.4, 0.5) is 0 Å². The molecule has 6 nitrogen and oxygen atoms in total. The van der Waals surface area contributed by atoms with E-state index in [0.29, 0.717) is 11.3 Å². The van der Waals surface area contributed by atoms with Gasteiger partial charge in [-0.1, -0.05) is 0 Å². The molecule has 1 atom stereocenters. The average molecular weight is 213 g/mol. The number of aliphatic hydroxyl groups is 1. The lowest BCUT2D eigenvalue weighted by atomic mass is 10.2. The molecular formula is C9H11NO5. The van der Waals surface area contributed by atoms with E-state index >= 15 is 0 Å². The van der Waals surface area contributed by atoms with E-state index in [0.717, 1.165) is 0 Å². The molecule has 0 aliphatic rings. The number of aryl methyl sites for hydroxylation is 1. The molecule has 0 aliphatic heterocycles. The van der Waals surface area contributed by atoms with Gasteiger partial charge in [-0.15, -0.1) is 0 Å². The van der Waals surface area contributed by atoms with Gasteiger partial charge in [-0.25, -0.2) is 4.79 Å². The molecule has 1 aromatic rings. The molecule has 0 radical (unpaired) electrons. The van der Waals surface area contributed by atoms with Crippen LogP contribution < -0.4 is 5.32 Å². The summed E-state index contributed by atoms with van der Waals surface area (Å²) in [7, 11) is 0. The molecule has 82 valence electrons. The summed E-state index contributed by atoms with van der Waals surface area (Å²) >= 11 is 0. The highest BCUT2D eigenvalue weighted by molar-refractivity contribution is 5.95. The van der Waals surface area contributed by atoms with E-state index in [2.05, 4.69) is 5.32 Å². The zero-order valence-corrected chi connectivity index (χ0v) is 8.06. The number of rotatable bonds is 4. The Kier molecular flexibility index (Phi) is 3.46. The molecule has 0 fully saturated rings. The highest BCUT2D eigenvalue weighted by Crippen LogP contribution is 2.07. The van der Waals surface area contributed by atoms with E-state index in [1.807, 2.05) is 0 Å². The Bertz CT molecular complexity index is 370.